The van der Waals surface area contributed by atoms with Gasteiger partial charge in [-0.3, -0.25) is 4.79 Å². The Balaban J connectivity index is 1.82. The fourth-order valence-corrected chi connectivity index (χ4v) is 1.89. The fourth-order valence-electron chi connectivity index (χ4n) is 1.89. The van der Waals surface area contributed by atoms with Crippen LogP contribution >= 0.6 is 0 Å². The summed E-state index contributed by atoms with van der Waals surface area (Å²) in [6.45, 7) is 0.138. The van der Waals surface area contributed by atoms with Crippen LogP contribution in [0.1, 0.15) is 19.3 Å². The predicted octanol–water partition coefficient (Wildman–Crippen LogP) is -1.90. The summed E-state index contributed by atoms with van der Waals surface area (Å²) in [7, 11) is 0. The largest absolute Gasteiger partial charge is 0.388 e. The second kappa shape index (κ2) is 4.67. The number of nitrogens with one attached hydrogen (secondary N) is 1. The fraction of sp³-hybridized carbons (Fsp3) is 0.900. The van der Waals surface area contributed by atoms with Crippen LogP contribution in [0, 0.1) is 0 Å². The highest BCUT2D eigenvalue weighted by Gasteiger charge is 2.42. The SMILES string of the molecule is NCC1OC(CC(=O)NC2CC2)C(O)C1O. The highest BCUT2D eigenvalue weighted by atomic mass is 16.5. The first-order valence-electron chi connectivity index (χ1n) is 5.63. The maximum Gasteiger partial charge on any atom is 0.222 e. The quantitative estimate of drug-likeness (QED) is 0.451. The zero-order valence-corrected chi connectivity index (χ0v) is 9.00. The van der Waals surface area contributed by atoms with Crippen molar-refractivity contribution in [3.8, 4) is 0 Å². The number of aliphatic hydroxyl groups is 2. The normalized spacial score (nSPS) is 38.7. The van der Waals surface area contributed by atoms with Crippen LogP contribution in [0.3, 0.4) is 0 Å². The molecule has 92 valence electrons. The zero-order valence-electron chi connectivity index (χ0n) is 9.00. The van der Waals surface area contributed by atoms with Gasteiger partial charge in [-0.25, -0.2) is 0 Å². The molecule has 0 radical (unpaired) electrons. The van der Waals surface area contributed by atoms with Crippen molar-refractivity contribution < 1.29 is 19.7 Å². The molecule has 0 spiro atoms. The van der Waals surface area contributed by atoms with Gasteiger partial charge in [0.05, 0.1) is 18.6 Å². The molecule has 6 nitrogen and oxygen atoms in total. The third kappa shape index (κ3) is 2.52. The average Bonchev–Trinajstić information content (AvgIpc) is 3.01. The topological polar surface area (TPSA) is 105 Å². The summed E-state index contributed by atoms with van der Waals surface area (Å²) in [5.74, 6) is -0.142. The number of amides is 1. The lowest BCUT2D eigenvalue weighted by Crippen LogP contribution is -2.37. The van der Waals surface area contributed by atoms with Crippen LogP contribution in [0.4, 0.5) is 0 Å². The Labute approximate surface area is 93.8 Å². The van der Waals surface area contributed by atoms with E-state index in [1.165, 1.54) is 0 Å². The van der Waals surface area contributed by atoms with Crippen LogP contribution < -0.4 is 11.1 Å². The van der Waals surface area contributed by atoms with E-state index in [1.54, 1.807) is 0 Å². The number of hydrogen-bond donors (Lipinski definition) is 4. The molecule has 2 fully saturated rings. The lowest BCUT2D eigenvalue weighted by Gasteiger charge is -2.13. The van der Waals surface area contributed by atoms with Gasteiger partial charge in [-0.15, -0.1) is 0 Å². The van der Waals surface area contributed by atoms with Crippen molar-refractivity contribution in [2.24, 2.45) is 5.73 Å². The first kappa shape index (κ1) is 11.8. The summed E-state index contributed by atoms with van der Waals surface area (Å²) in [5.41, 5.74) is 5.37. The van der Waals surface area contributed by atoms with Crippen LogP contribution in [0.2, 0.25) is 0 Å². The van der Waals surface area contributed by atoms with Crippen molar-refractivity contribution >= 4 is 5.91 Å². The maximum atomic E-state index is 11.5. The Morgan fingerprint density at radius 1 is 1.31 bits per heavy atom. The Morgan fingerprint density at radius 2 is 1.94 bits per heavy atom. The van der Waals surface area contributed by atoms with Crippen LogP contribution in [0.25, 0.3) is 0 Å². The minimum Gasteiger partial charge on any atom is -0.388 e. The van der Waals surface area contributed by atoms with E-state index in [0.29, 0.717) is 6.04 Å². The van der Waals surface area contributed by atoms with E-state index < -0.39 is 24.4 Å². The van der Waals surface area contributed by atoms with E-state index in [9.17, 15) is 15.0 Å². The van der Waals surface area contributed by atoms with Gasteiger partial charge in [-0.2, -0.15) is 0 Å². The van der Waals surface area contributed by atoms with Gasteiger partial charge in [0.25, 0.3) is 0 Å². The van der Waals surface area contributed by atoms with Gasteiger partial charge in [0.15, 0.2) is 0 Å². The Hall–Kier alpha value is -0.690. The lowest BCUT2D eigenvalue weighted by atomic mass is 10.1. The molecule has 2 aliphatic rings. The molecule has 2 rings (SSSR count). The van der Waals surface area contributed by atoms with Crippen molar-refractivity contribution in [3.63, 3.8) is 0 Å². The van der Waals surface area contributed by atoms with Crippen LogP contribution in [-0.2, 0) is 9.53 Å². The van der Waals surface area contributed by atoms with E-state index in [1.807, 2.05) is 0 Å². The Bertz CT molecular complexity index is 270. The van der Waals surface area contributed by atoms with Gasteiger partial charge in [0, 0.05) is 12.6 Å². The molecule has 5 N–H and O–H groups in total. The molecule has 16 heavy (non-hydrogen) atoms. The molecule has 1 amide bonds. The van der Waals surface area contributed by atoms with Crippen molar-refractivity contribution in [1.82, 2.24) is 5.32 Å². The average molecular weight is 230 g/mol. The van der Waals surface area contributed by atoms with Crippen molar-refractivity contribution in [2.75, 3.05) is 6.54 Å². The van der Waals surface area contributed by atoms with Crippen molar-refractivity contribution in [3.05, 3.63) is 0 Å². The van der Waals surface area contributed by atoms with Gasteiger partial charge >= 0.3 is 0 Å². The first-order valence-corrected chi connectivity index (χ1v) is 5.63. The Morgan fingerprint density at radius 3 is 2.44 bits per heavy atom. The third-order valence-electron chi connectivity index (χ3n) is 3.02. The molecule has 1 saturated carbocycles. The smallest absolute Gasteiger partial charge is 0.222 e. The summed E-state index contributed by atoms with van der Waals surface area (Å²) >= 11 is 0. The molecule has 0 aromatic heterocycles. The standard InChI is InChI=1S/C10H18N2O4/c11-4-7-10(15)9(14)6(16-7)3-8(13)12-5-1-2-5/h5-7,9-10,14-15H,1-4,11H2,(H,12,13). The molecule has 0 aromatic carbocycles. The van der Waals surface area contributed by atoms with Crippen LogP contribution in [0.5, 0.6) is 0 Å². The van der Waals surface area contributed by atoms with Crippen molar-refractivity contribution in [2.45, 2.75) is 49.7 Å². The number of carbonyl (C=O) groups excluding carboxylic acids is 1. The highest BCUT2D eigenvalue weighted by molar-refractivity contribution is 5.77. The Kier molecular flexibility index (Phi) is 3.44. The number of ether oxygens (including phenoxy) is 1. The second-order valence-corrected chi connectivity index (χ2v) is 4.48. The van der Waals surface area contributed by atoms with E-state index in [4.69, 9.17) is 10.5 Å². The molecule has 0 aromatic rings. The summed E-state index contributed by atoms with van der Waals surface area (Å²) in [5, 5.41) is 22.0. The lowest BCUT2D eigenvalue weighted by molar-refractivity contribution is -0.125. The van der Waals surface area contributed by atoms with Crippen LogP contribution in [-0.4, -0.2) is 53.1 Å². The summed E-state index contributed by atoms with van der Waals surface area (Å²) < 4.78 is 5.32. The minimum absolute atomic E-state index is 0.0746. The number of carbonyl (C=O) groups is 1. The molecule has 1 aliphatic carbocycles. The molecule has 0 bridgehead atoms. The molecule has 4 atom stereocenters. The van der Waals surface area contributed by atoms with E-state index >= 15 is 0 Å². The zero-order chi connectivity index (χ0) is 11.7. The van der Waals surface area contributed by atoms with Crippen molar-refractivity contribution in [1.29, 1.82) is 0 Å². The van der Waals surface area contributed by atoms with Crippen LogP contribution in [0.15, 0.2) is 0 Å². The van der Waals surface area contributed by atoms with Gasteiger partial charge in [-0.1, -0.05) is 0 Å². The molecule has 1 saturated heterocycles. The molecular weight excluding hydrogens is 212 g/mol. The number of hydrogen-bond acceptors (Lipinski definition) is 5. The number of aliphatic hydroxyl groups excluding tert-OH is 2. The highest BCUT2D eigenvalue weighted by Crippen LogP contribution is 2.24. The van der Waals surface area contributed by atoms with Gasteiger partial charge in [0.2, 0.25) is 5.91 Å². The second-order valence-electron chi connectivity index (χ2n) is 4.48. The molecule has 4 unspecified atom stereocenters. The molecule has 1 heterocycles. The monoisotopic (exact) mass is 230 g/mol. The summed E-state index contributed by atoms with van der Waals surface area (Å²) in [6, 6.07) is 0.293. The molecular formula is C10H18N2O4. The van der Waals surface area contributed by atoms with E-state index in [2.05, 4.69) is 5.32 Å². The van der Waals surface area contributed by atoms with E-state index in [0.717, 1.165) is 12.8 Å². The summed E-state index contributed by atoms with van der Waals surface area (Å²) in [6.07, 6.45) is -1.13. The van der Waals surface area contributed by atoms with Gasteiger partial charge in [0.1, 0.15) is 12.2 Å². The molecule has 6 heteroatoms. The minimum atomic E-state index is -1.03. The predicted molar refractivity (Wildman–Crippen MR) is 55.5 cm³/mol. The van der Waals surface area contributed by atoms with E-state index in [-0.39, 0.29) is 18.9 Å². The first-order chi connectivity index (χ1) is 7.61. The third-order valence-corrected chi connectivity index (χ3v) is 3.02. The van der Waals surface area contributed by atoms with Gasteiger partial charge in [-0.05, 0) is 12.8 Å². The number of nitrogens with two attached hydrogens (primary N) is 1. The maximum absolute atomic E-state index is 11.5. The van der Waals surface area contributed by atoms with Gasteiger partial charge < -0.3 is 26.0 Å². The summed E-state index contributed by atoms with van der Waals surface area (Å²) in [4.78, 5) is 11.5. The molecule has 1 aliphatic heterocycles. The number of rotatable bonds is 4.